The average Bonchev–Trinajstić information content (AvgIpc) is 2.62. The summed E-state index contributed by atoms with van der Waals surface area (Å²) in [5.74, 6) is 0. The molecule has 1 unspecified atom stereocenters. The van der Waals surface area contributed by atoms with Gasteiger partial charge in [-0.3, -0.25) is 0 Å². The second kappa shape index (κ2) is 5.34. The fraction of sp³-hybridized carbons (Fsp3) is 0.286. The van der Waals surface area contributed by atoms with Gasteiger partial charge in [0.05, 0.1) is 0 Å². The summed E-state index contributed by atoms with van der Waals surface area (Å²) in [5, 5.41) is 2.07. The van der Waals surface area contributed by atoms with E-state index >= 15 is 0 Å². The molecule has 1 aromatic carbocycles. The van der Waals surface area contributed by atoms with Gasteiger partial charge in [-0.2, -0.15) is 0 Å². The van der Waals surface area contributed by atoms with Crippen LogP contribution in [0.4, 0.5) is 0 Å². The first kappa shape index (κ1) is 12.8. The first-order valence-corrected chi connectivity index (χ1v) is 7.29. The smallest absolute Gasteiger partial charge is 0.0442 e. The molecular formula is C14H16BrNS. The molecule has 1 heterocycles. The van der Waals surface area contributed by atoms with E-state index in [1.165, 1.54) is 21.6 Å². The van der Waals surface area contributed by atoms with E-state index in [9.17, 15) is 0 Å². The topological polar surface area (TPSA) is 26.0 Å². The number of hydrogen-bond acceptors (Lipinski definition) is 2. The Labute approximate surface area is 115 Å². The Balaban J connectivity index is 2.18. The van der Waals surface area contributed by atoms with Crippen molar-refractivity contribution in [2.24, 2.45) is 5.73 Å². The molecule has 0 bridgehead atoms. The number of rotatable bonds is 3. The largest absolute Gasteiger partial charge is 0.323 e. The van der Waals surface area contributed by atoms with E-state index in [-0.39, 0.29) is 6.04 Å². The van der Waals surface area contributed by atoms with Gasteiger partial charge in [-0.05, 0) is 53.2 Å². The molecule has 2 aromatic rings. The number of benzene rings is 1. The average molecular weight is 310 g/mol. The summed E-state index contributed by atoms with van der Waals surface area (Å²) in [6.45, 7) is 4.26. The maximum atomic E-state index is 6.25. The summed E-state index contributed by atoms with van der Waals surface area (Å²) in [5.41, 5.74) is 10.2. The van der Waals surface area contributed by atoms with E-state index in [2.05, 4.69) is 59.4 Å². The summed E-state index contributed by atoms with van der Waals surface area (Å²) in [6.07, 6.45) is 0.891. The van der Waals surface area contributed by atoms with Crippen molar-refractivity contribution in [1.29, 1.82) is 0 Å². The number of aryl methyl sites for hydroxylation is 2. The Bertz CT molecular complexity index is 498. The second-order valence-electron chi connectivity index (χ2n) is 4.44. The molecular weight excluding hydrogens is 294 g/mol. The van der Waals surface area contributed by atoms with Crippen molar-refractivity contribution in [3.05, 3.63) is 55.7 Å². The first-order valence-electron chi connectivity index (χ1n) is 5.62. The van der Waals surface area contributed by atoms with E-state index < -0.39 is 0 Å². The van der Waals surface area contributed by atoms with Crippen LogP contribution in [-0.4, -0.2) is 0 Å². The van der Waals surface area contributed by atoms with E-state index in [4.69, 9.17) is 5.73 Å². The fourth-order valence-electron chi connectivity index (χ4n) is 2.10. The molecule has 90 valence electrons. The van der Waals surface area contributed by atoms with Crippen LogP contribution >= 0.6 is 27.3 Å². The van der Waals surface area contributed by atoms with Gasteiger partial charge < -0.3 is 5.73 Å². The lowest BCUT2D eigenvalue weighted by molar-refractivity contribution is 0.732. The summed E-state index contributed by atoms with van der Waals surface area (Å²) < 4.78 is 1.12. The Hall–Kier alpha value is -0.640. The lowest BCUT2D eigenvalue weighted by atomic mass is 10.0. The zero-order chi connectivity index (χ0) is 12.4. The molecule has 0 fully saturated rings. The third-order valence-electron chi connectivity index (χ3n) is 2.72. The summed E-state index contributed by atoms with van der Waals surface area (Å²) in [7, 11) is 0. The maximum Gasteiger partial charge on any atom is 0.0442 e. The van der Waals surface area contributed by atoms with Gasteiger partial charge in [0.15, 0.2) is 0 Å². The molecule has 0 amide bonds. The van der Waals surface area contributed by atoms with Gasteiger partial charge in [-0.25, -0.2) is 0 Å². The molecule has 0 aliphatic rings. The molecule has 17 heavy (non-hydrogen) atoms. The van der Waals surface area contributed by atoms with Crippen LogP contribution in [0, 0.1) is 13.8 Å². The molecule has 2 N–H and O–H groups in total. The molecule has 1 nitrogen and oxygen atoms in total. The minimum absolute atomic E-state index is 0.0746. The van der Waals surface area contributed by atoms with Crippen molar-refractivity contribution in [2.75, 3.05) is 0 Å². The minimum Gasteiger partial charge on any atom is -0.323 e. The normalized spacial score (nSPS) is 12.7. The maximum absolute atomic E-state index is 6.25. The summed E-state index contributed by atoms with van der Waals surface area (Å²) >= 11 is 5.25. The Morgan fingerprint density at radius 1 is 1.24 bits per heavy atom. The Morgan fingerprint density at radius 3 is 2.41 bits per heavy atom. The van der Waals surface area contributed by atoms with Crippen LogP contribution in [0.15, 0.2) is 34.1 Å². The summed E-state index contributed by atoms with van der Waals surface area (Å²) in [4.78, 5) is 1.23. The lowest BCUT2D eigenvalue weighted by Gasteiger charge is -2.12. The molecule has 2 rings (SSSR count). The van der Waals surface area contributed by atoms with Crippen LogP contribution in [0.25, 0.3) is 0 Å². The lowest BCUT2D eigenvalue weighted by Crippen LogP contribution is -2.12. The quantitative estimate of drug-likeness (QED) is 0.895. The highest BCUT2D eigenvalue weighted by atomic mass is 79.9. The van der Waals surface area contributed by atoms with E-state index in [0.29, 0.717) is 0 Å². The highest BCUT2D eigenvalue weighted by molar-refractivity contribution is 9.10. The molecule has 0 aliphatic heterocycles. The molecule has 0 radical (unpaired) electrons. The van der Waals surface area contributed by atoms with Crippen LogP contribution in [0.5, 0.6) is 0 Å². The van der Waals surface area contributed by atoms with E-state index in [1.807, 2.05) is 0 Å². The fourth-order valence-corrected chi connectivity index (χ4v) is 3.77. The highest BCUT2D eigenvalue weighted by Crippen LogP contribution is 2.29. The third kappa shape index (κ3) is 3.18. The van der Waals surface area contributed by atoms with Crippen molar-refractivity contribution >= 4 is 27.3 Å². The predicted octanol–water partition coefficient (Wildman–Crippen LogP) is 4.37. The number of halogens is 1. The van der Waals surface area contributed by atoms with Crippen molar-refractivity contribution in [3.63, 3.8) is 0 Å². The molecule has 0 saturated heterocycles. The number of hydrogen-bond donors (Lipinski definition) is 1. The molecule has 0 spiro atoms. The van der Waals surface area contributed by atoms with E-state index in [1.54, 1.807) is 11.3 Å². The van der Waals surface area contributed by atoms with Gasteiger partial charge in [0.25, 0.3) is 0 Å². The molecule has 1 atom stereocenters. The van der Waals surface area contributed by atoms with Crippen molar-refractivity contribution in [3.8, 4) is 0 Å². The number of thiophene rings is 1. The summed E-state index contributed by atoms with van der Waals surface area (Å²) in [6, 6.07) is 8.76. The predicted molar refractivity (Wildman–Crippen MR) is 78.6 cm³/mol. The SMILES string of the molecule is Cc1cc(C)cc(CC(N)c2sccc2Br)c1. The van der Waals surface area contributed by atoms with Crippen LogP contribution < -0.4 is 5.73 Å². The second-order valence-corrected chi connectivity index (χ2v) is 6.24. The van der Waals surface area contributed by atoms with Crippen LogP contribution in [-0.2, 0) is 6.42 Å². The highest BCUT2D eigenvalue weighted by Gasteiger charge is 2.12. The van der Waals surface area contributed by atoms with Crippen molar-refractivity contribution in [2.45, 2.75) is 26.3 Å². The Morgan fingerprint density at radius 2 is 1.88 bits per heavy atom. The zero-order valence-corrected chi connectivity index (χ0v) is 12.4. The van der Waals surface area contributed by atoms with Gasteiger partial charge in [-0.1, -0.05) is 29.3 Å². The zero-order valence-electron chi connectivity index (χ0n) is 10.0. The van der Waals surface area contributed by atoms with Crippen LogP contribution in [0.1, 0.15) is 27.6 Å². The minimum atomic E-state index is 0.0746. The van der Waals surface area contributed by atoms with Crippen molar-refractivity contribution < 1.29 is 0 Å². The van der Waals surface area contributed by atoms with Crippen molar-refractivity contribution in [1.82, 2.24) is 0 Å². The van der Waals surface area contributed by atoms with Gasteiger partial charge in [-0.15, -0.1) is 11.3 Å². The molecule has 1 aromatic heterocycles. The molecule has 3 heteroatoms. The molecule has 0 saturated carbocycles. The van der Waals surface area contributed by atoms with Gasteiger partial charge in [0, 0.05) is 15.4 Å². The standard InChI is InChI=1S/C14H16BrNS/c1-9-5-10(2)7-11(6-9)8-13(16)14-12(15)3-4-17-14/h3-7,13H,8,16H2,1-2H3. The number of nitrogens with two attached hydrogens (primary N) is 1. The molecule has 0 aliphatic carbocycles. The Kier molecular flexibility index (Phi) is 4.02. The van der Waals surface area contributed by atoms with Gasteiger partial charge >= 0.3 is 0 Å². The van der Waals surface area contributed by atoms with Gasteiger partial charge in [0.2, 0.25) is 0 Å². The van der Waals surface area contributed by atoms with Crippen LogP contribution in [0.2, 0.25) is 0 Å². The van der Waals surface area contributed by atoms with Gasteiger partial charge in [0.1, 0.15) is 0 Å². The monoisotopic (exact) mass is 309 g/mol. The third-order valence-corrected chi connectivity index (χ3v) is 4.72. The van der Waals surface area contributed by atoms with E-state index in [0.717, 1.165) is 10.9 Å². The van der Waals surface area contributed by atoms with Crippen LogP contribution in [0.3, 0.4) is 0 Å². The first-order chi connectivity index (χ1) is 8.06.